The van der Waals surface area contributed by atoms with Crippen LogP contribution in [-0.4, -0.2) is 51.3 Å². The van der Waals surface area contributed by atoms with Gasteiger partial charge in [0.15, 0.2) is 5.17 Å². The molecule has 2 aliphatic rings. The third-order valence-electron chi connectivity index (χ3n) is 2.61. The predicted octanol–water partition coefficient (Wildman–Crippen LogP) is -0.184. The van der Waals surface area contributed by atoms with E-state index in [-0.39, 0.29) is 5.17 Å². The van der Waals surface area contributed by atoms with Crippen molar-refractivity contribution in [2.24, 2.45) is 10.7 Å². The Morgan fingerprint density at radius 2 is 2.00 bits per heavy atom. The molecule has 0 bridgehead atoms. The maximum Gasteiger partial charge on any atom is 0.391 e. The normalized spacial score (nSPS) is 42.2. The molecule has 0 aromatic heterocycles. The molecule has 4 N–H and O–H groups in total. The topological polar surface area (TPSA) is 88.1 Å². The lowest BCUT2D eigenvalue weighted by Gasteiger charge is -2.38. The Bertz CT molecular complexity index is 338. The van der Waals surface area contributed by atoms with Gasteiger partial charge in [-0.1, -0.05) is 11.8 Å². The first-order valence-corrected chi connectivity index (χ1v) is 5.74. The quantitative estimate of drug-likeness (QED) is 0.616. The Labute approximate surface area is 98.8 Å². The molecule has 0 saturated carbocycles. The summed E-state index contributed by atoms with van der Waals surface area (Å²) in [5.74, 6) is 0. The number of hydrogen-bond donors (Lipinski definition) is 3. The molecule has 0 amide bonds. The minimum absolute atomic E-state index is 0.138. The summed E-state index contributed by atoms with van der Waals surface area (Å²) in [6, 6.07) is -0.806. The number of aliphatic hydroxyl groups is 2. The Kier molecular flexibility index (Phi) is 3.27. The summed E-state index contributed by atoms with van der Waals surface area (Å²) >= 11 is 0.952. The maximum absolute atomic E-state index is 12.2. The van der Waals surface area contributed by atoms with Gasteiger partial charge in [-0.3, -0.25) is 4.99 Å². The van der Waals surface area contributed by atoms with Crippen LogP contribution in [0.25, 0.3) is 0 Å². The third-order valence-corrected chi connectivity index (χ3v) is 3.58. The maximum atomic E-state index is 12.2. The SMILES string of the molecule is NC1=NC2C(OC(CC(F)(F)F)C(O)C2O)S1. The summed E-state index contributed by atoms with van der Waals surface area (Å²) in [6.07, 6.45) is -10.3. The molecule has 9 heteroatoms. The molecule has 2 heterocycles. The van der Waals surface area contributed by atoms with Crippen LogP contribution in [0.3, 0.4) is 0 Å². The van der Waals surface area contributed by atoms with Crippen LogP contribution in [0.1, 0.15) is 6.42 Å². The number of ether oxygens (including phenoxy) is 1. The fourth-order valence-electron chi connectivity index (χ4n) is 1.84. The molecular weight excluding hydrogens is 261 g/mol. The molecule has 0 aromatic rings. The first-order chi connectivity index (χ1) is 7.78. The van der Waals surface area contributed by atoms with E-state index in [1.54, 1.807) is 0 Å². The number of fused-ring (bicyclic) bond motifs is 1. The number of nitrogens with zero attached hydrogens (tertiary/aromatic N) is 1. The molecule has 0 radical (unpaired) electrons. The van der Waals surface area contributed by atoms with Crippen molar-refractivity contribution < 1.29 is 28.1 Å². The first-order valence-electron chi connectivity index (χ1n) is 4.86. The molecular formula is C8H11F3N2O3S. The molecule has 1 saturated heterocycles. The summed E-state index contributed by atoms with van der Waals surface area (Å²) < 4.78 is 41.8. The minimum atomic E-state index is -4.46. The second kappa shape index (κ2) is 4.30. The summed E-state index contributed by atoms with van der Waals surface area (Å²) in [6.45, 7) is 0. The van der Waals surface area contributed by atoms with E-state index in [1.807, 2.05) is 0 Å². The van der Waals surface area contributed by atoms with E-state index in [0.29, 0.717) is 0 Å². The molecule has 1 fully saturated rings. The standard InChI is InChI=1S/C8H11F3N2O3S/c9-8(10,11)1-2-4(14)5(15)3-6(16-2)17-7(12)13-3/h2-6,14-15H,1H2,(H2,12,13). The van der Waals surface area contributed by atoms with Gasteiger partial charge in [-0.2, -0.15) is 13.2 Å². The van der Waals surface area contributed by atoms with Gasteiger partial charge in [-0.15, -0.1) is 0 Å². The van der Waals surface area contributed by atoms with Gasteiger partial charge in [0.05, 0.1) is 12.5 Å². The molecule has 5 atom stereocenters. The highest BCUT2D eigenvalue weighted by atomic mass is 32.2. The largest absolute Gasteiger partial charge is 0.391 e. The highest BCUT2D eigenvalue weighted by molar-refractivity contribution is 8.14. The highest BCUT2D eigenvalue weighted by Gasteiger charge is 2.50. The zero-order chi connectivity index (χ0) is 12.8. The smallest absolute Gasteiger partial charge is 0.388 e. The van der Waals surface area contributed by atoms with Gasteiger partial charge in [0, 0.05) is 0 Å². The number of hydrogen-bond acceptors (Lipinski definition) is 6. The van der Waals surface area contributed by atoms with Crippen LogP contribution in [0.15, 0.2) is 4.99 Å². The number of aliphatic imine (C=N–C) groups is 1. The highest BCUT2D eigenvalue weighted by Crippen LogP contribution is 2.38. The monoisotopic (exact) mass is 272 g/mol. The number of nitrogens with two attached hydrogens (primary N) is 1. The number of rotatable bonds is 1. The van der Waals surface area contributed by atoms with Gasteiger partial charge in [0.25, 0.3) is 0 Å². The lowest BCUT2D eigenvalue weighted by molar-refractivity contribution is -0.209. The van der Waals surface area contributed by atoms with Crippen molar-refractivity contribution in [1.29, 1.82) is 0 Å². The molecule has 0 spiro atoms. The van der Waals surface area contributed by atoms with E-state index in [2.05, 4.69) is 4.99 Å². The van der Waals surface area contributed by atoms with Crippen LogP contribution in [0.4, 0.5) is 13.2 Å². The van der Waals surface area contributed by atoms with E-state index < -0.39 is 42.4 Å². The van der Waals surface area contributed by atoms with Crippen LogP contribution in [0.2, 0.25) is 0 Å². The zero-order valence-electron chi connectivity index (χ0n) is 8.46. The lowest BCUT2D eigenvalue weighted by atomic mass is 9.96. The summed E-state index contributed by atoms with van der Waals surface area (Å²) in [5, 5.41) is 19.3. The molecule has 5 nitrogen and oxygen atoms in total. The molecule has 2 aliphatic heterocycles. The Hall–Kier alpha value is -0.510. The Morgan fingerprint density at radius 3 is 2.59 bits per heavy atom. The molecule has 98 valence electrons. The van der Waals surface area contributed by atoms with Gasteiger partial charge >= 0.3 is 6.18 Å². The van der Waals surface area contributed by atoms with Gasteiger partial charge in [0.2, 0.25) is 0 Å². The van der Waals surface area contributed by atoms with Crippen LogP contribution < -0.4 is 5.73 Å². The second-order valence-electron chi connectivity index (χ2n) is 3.92. The van der Waals surface area contributed by atoms with E-state index in [0.717, 1.165) is 11.8 Å². The van der Waals surface area contributed by atoms with Crippen molar-refractivity contribution >= 4 is 16.9 Å². The second-order valence-corrected chi connectivity index (χ2v) is 5.04. The van der Waals surface area contributed by atoms with Crippen molar-refractivity contribution in [3.63, 3.8) is 0 Å². The van der Waals surface area contributed by atoms with E-state index in [9.17, 15) is 23.4 Å². The van der Waals surface area contributed by atoms with Crippen molar-refractivity contribution in [2.75, 3.05) is 0 Å². The van der Waals surface area contributed by atoms with Gasteiger partial charge in [-0.05, 0) is 0 Å². The summed E-state index contributed by atoms with van der Waals surface area (Å²) in [5.41, 5.74) is 4.63. The van der Waals surface area contributed by atoms with Crippen LogP contribution in [-0.2, 0) is 4.74 Å². The molecule has 0 aromatic carbocycles. The van der Waals surface area contributed by atoms with E-state index in [1.165, 1.54) is 0 Å². The molecule has 2 rings (SSSR count). The fraction of sp³-hybridized carbons (Fsp3) is 0.875. The van der Waals surface area contributed by atoms with Crippen LogP contribution in [0.5, 0.6) is 0 Å². The number of aliphatic hydroxyl groups excluding tert-OH is 2. The molecule has 17 heavy (non-hydrogen) atoms. The Morgan fingerprint density at radius 1 is 1.35 bits per heavy atom. The van der Waals surface area contributed by atoms with Crippen molar-refractivity contribution in [1.82, 2.24) is 0 Å². The third kappa shape index (κ3) is 2.67. The summed E-state index contributed by atoms with van der Waals surface area (Å²) in [4.78, 5) is 3.81. The zero-order valence-corrected chi connectivity index (χ0v) is 9.28. The van der Waals surface area contributed by atoms with Crippen LogP contribution in [0, 0.1) is 0 Å². The van der Waals surface area contributed by atoms with Gasteiger partial charge < -0.3 is 20.7 Å². The number of alkyl halides is 3. The number of thioether (sulfide) groups is 1. The van der Waals surface area contributed by atoms with E-state index in [4.69, 9.17) is 10.5 Å². The van der Waals surface area contributed by atoms with Gasteiger partial charge in [0.1, 0.15) is 23.7 Å². The first kappa shape index (κ1) is 12.9. The minimum Gasteiger partial charge on any atom is -0.388 e. The van der Waals surface area contributed by atoms with Gasteiger partial charge in [-0.25, -0.2) is 0 Å². The lowest BCUT2D eigenvalue weighted by Crippen LogP contribution is -2.55. The average Bonchev–Trinajstić information content (AvgIpc) is 2.53. The van der Waals surface area contributed by atoms with E-state index >= 15 is 0 Å². The number of halogens is 3. The van der Waals surface area contributed by atoms with Crippen molar-refractivity contribution in [3.8, 4) is 0 Å². The van der Waals surface area contributed by atoms with Crippen molar-refractivity contribution in [3.05, 3.63) is 0 Å². The molecule has 0 aliphatic carbocycles. The van der Waals surface area contributed by atoms with Crippen LogP contribution >= 0.6 is 11.8 Å². The average molecular weight is 272 g/mol. The Balaban J connectivity index is 2.09. The molecule has 5 unspecified atom stereocenters. The fourth-order valence-corrected chi connectivity index (χ4v) is 2.82. The predicted molar refractivity (Wildman–Crippen MR) is 54.3 cm³/mol. The van der Waals surface area contributed by atoms with Crippen molar-refractivity contribution in [2.45, 2.75) is 42.4 Å². The summed E-state index contributed by atoms with van der Waals surface area (Å²) in [7, 11) is 0. The number of amidine groups is 1.